The van der Waals surface area contributed by atoms with E-state index < -0.39 is 126 Å². The highest BCUT2D eigenvalue weighted by molar-refractivity contribution is 5.84. The van der Waals surface area contributed by atoms with Gasteiger partial charge in [-0.1, -0.05) is 57.2 Å². The number of hydrogen-bond donors (Lipinski definition) is 3. The molecule has 4 rings (SSSR count). The molecular weight excluding hydrogens is 820 g/mol. The fourth-order valence-electron chi connectivity index (χ4n) is 7.24. The maximum absolute atomic E-state index is 13.5. The molecule has 2 fully saturated rings. The van der Waals surface area contributed by atoms with Gasteiger partial charge in [0.15, 0.2) is 11.2 Å². The van der Waals surface area contributed by atoms with E-state index in [0.29, 0.717) is 31.0 Å². The first-order valence-corrected chi connectivity index (χ1v) is 18.7. The van der Waals surface area contributed by atoms with Crippen LogP contribution in [0.1, 0.15) is 99.5 Å². The zero-order valence-corrected chi connectivity index (χ0v) is 33.6. The lowest BCUT2D eigenvalue weighted by molar-refractivity contribution is -0.378. The molecule has 0 bridgehead atoms. The highest BCUT2D eigenvalue weighted by Crippen LogP contribution is 2.58. The number of carbonyl (C=O) groups excluding carboxylic acids is 2. The van der Waals surface area contributed by atoms with E-state index in [0.717, 1.165) is 0 Å². The number of fused-ring (bicyclic) bond motifs is 1. The molecule has 1 aliphatic heterocycles. The van der Waals surface area contributed by atoms with Gasteiger partial charge in [0.05, 0.1) is 10.8 Å². The molecule has 59 heavy (non-hydrogen) atoms. The number of rotatable bonds is 9. The van der Waals surface area contributed by atoms with E-state index in [1.807, 2.05) is 0 Å². The third kappa shape index (κ3) is 9.76. The lowest BCUT2D eigenvalue weighted by Crippen LogP contribution is -2.60. The first-order chi connectivity index (χ1) is 26.3. The van der Waals surface area contributed by atoms with Crippen LogP contribution in [0.25, 0.3) is 10.8 Å². The SMILES string of the molecule is CC(C)C1(C)CC(CC(O)(C(F)(F)F)C(F)(F)F)(c2ccc3ccccc3c2)OC1=O.CCC(C)(C)C(=O)OC1CC(C(C)(O)C(F)(F)F)CC(C(C)(O)C(F)(F)F)C1. The third-order valence-electron chi connectivity index (χ3n) is 12.5. The van der Waals surface area contributed by atoms with Crippen LogP contribution in [-0.4, -0.2) is 74.9 Å². The summed E-state index contributed by atoms with van der Waals surface area (Å²) in [4.78, 5) is 25.0. The molecule has 2 aromatic rings. The van der Waals surface area contributed by atoms with Gasteiger partial charge in [0.25, 0.3) is 5.60 Å². The summed E-state index contributed by atoms with van der Waals surface area (Å²) >= 11 is 0. The van der Waals surface area contributed by atoms with Crippen molar-refractivity contribution in [1.82, 2.24) is 0 Å². The molecule has 2 aromatic carbocycles. The molecule has 3 N–H and O–H groups in total. The van der Waals surface area contributed by atoms with E-state index in [2.05, 4.69) is 0 Å². The first-order valence-electron chi connectivity index (χ1n) is 18.7. The van der Waals surface area contributed by atoms with Crippen molar-refractivity contribution in [2.75, 3.05) is 0 Å². The molecule has 0 spiro atoms. The molecule has 336 valence electrons. The van der Waals surface area contributed by atoms with Gasteiger partial charge in [-0.2, -0.15) is 52.7 Å². The van der Waals surface area contributed by atoms with Crippen molar-refractivity contribution >= 4 is 22.7 Å². The van der Waals surface area contributed by atoms with E-state index in [1.54, 1.807) is 58.9 Å². The molecule has 6 unspecified atom stereocenters. The number of halogens is 12. The van der Waals surface area contributed by atoms with Crippen LogP contribution in [0, 0.1) is 28.6 Å². The minimum atomic E-state index is -6.03. The van der Waals surface area contributed by atoms with Crippen LogP contribution in [0.2, 0.25) is 0 Å². The second-order valence-electron chi connectivity index (χ2n) is 17.4. The Morgan fingerprint density at radius 1 is 0.763 bits per heavy atom. The number of esters is 2. The van der Waals surface area contributed by atoms with Crippen molar-refractivity contribution in [2.24, 2.45) is 28.6 Å². The molecular formula is C40H50F12O7. The molecule has 1 saturated carbocycles. The van der Waals surface area contributed by atoms with E-state index in [1.165, 1.54) is 25.1 Å². The predicted octanol–water partition coefficient (Wildman–Crippen LogP) is 10.3. The molecule has 1 aliphatic carbocycles. The number of benzene rings is 2. The molecule has 7 nitrogen and oxygen atoms in total. The summed E-state index contributed by atoms with van der Waals surface area (Å²) in [5.41, 5.74) is -16.3. The fourth-order valence-corrected chi connectivity index (χ4v) is 7.24. The van der Waals surface area contributed by atoms with E-state index in [-0.39, 0.29) is 5.56 Å². The van der Waals surface area contributed by atoms with Crippen LogP contribution in [0.4, 0.5) is 52.7 Å². The van der Waals surface area contributed by atoms with Gasteiger partial charge in [-0.3, -0.25) is 9.59 Å². The number of ether oxygens (including phenoxy) is 2. The van der Waals surface area contributed by atoms with Crippen molar-refractivity contribution in [2.45, 2.75) is 147 Å². The quantitative estimate of drug-likeness (QED) is 0.170. The van der Waals surface area contributed by atoms with Crippen molar-refractivity contribution in [1.29, 1.82) is 0 Å². The van der Waals surface area contributed by atoms with Crippen LogP contribution in [0.15, 0.2) is 42.5 Å². The van der Waals surface area contributed by atoms with Gasteiger partial charge in [0, 0.05) is 24.7 Å². The van der Waals surface area contributed by atoms with Gasteiger partial charge in [-0.25, -0.2) is 0 Å². The minimum Gasteiger partial charge on any atom is -0.462 e. The normalized spacial score (nSPS) is 27.1. The highest BCUT2D eigenvalue weighted by Gasteiger charge is 2.74. The average molecular weight is 871 g/mol. The fraction of sp³-hybridized carbons (Fsp3) is 0.700. The van der Waals surface area contributed by atoms with Crippen molar-refractivity contribution in [3.8, 4) is 0 Å². The molecule has 1 saturated heterocycles. The topological polar surface area (TPSA) is 113 Å². The smallest absolute Gasteiger partial charge is 0.426 e. The molecule has 0 radical (unpaired) electrons. The predicted molar refractivity (Wildman–Crippen MR) is 189 cm³/mol. The summed E-state index contributed by atoms with van der Waals surface area (Å²) in [5.74, 6) is -5.43. The van der Waals surface area contributed by atoms with Gasteiger partial charge in [0.1, 0.15) is 11.7 Å². The first kappa shape index (κ1) is 50.0. The molecule has 19 heteroatoms. The summed E-state index contributed by atoms with van der Waals surface area (Å²) < 4.78 is 171. The third-order valence-corrected chi connectivity index (χ3v) is 12.5. The van der Waals surface area contributed by atoms with Crippen LogP contribution in [-0.2, 0) is 24.7 Å². The Hall–Kier alpha value is -3.32. The molecule has 0 aromatic heterocycles. The van der Waals surface area contributed by atoms with Gasteiger partial charge in [-0.05, 0) is 88.6 Å². The van der Waals surface area contributed by atoms with Crippen molar-refractivity contribution in [3.05, 3.63) is 48.0 Å². The molecule has 1 heterocycles. The molecule has 2 aliphatic rings. The van der Waals surface area contributed by atoms with E-state index >= 15 is 0 Å². The second-order valence-corrected chi connectivity index (χ2v) is 17.4. The number of aliphatic hydroxyl groups is 3. The lowest BCUT2D eigenvalue weighted by Gasteiger charge is -2.46. The maximum Gasteiger partial charge on any atom is 0.426 e. The van der Waals surface area contributed by atoms with Gasteiger partial charge in [0.2, 0.25) is 0 Å². The van der Waals surface area contributed by atoms with Crippen molar-refractivity contribution < 1.29 is 87.1 Å². The number of hydrogen-bond acceptors (Lipinski definition) is 7. The monoisotopic (exact) mass is 870 g/mol. The summed E-state index contributed by atoms with van der Waals surface area (Å²) in [6, 6.07) is 11.0. The summed E-state index contributed by atoms with van der Waals surface area (Å²) in [5, 5.41) is 31.2. The summed E-state index contributed by atoms with van der Waals surface area (Å²) in [7, 11) is 0. The van der Waals surface area contributed by atoms with Crippen LogP contribution < -0.4 is 0 Å². The van der Waals surface area contributed by atoms with E-state index in [4.69, 9.17) is 9.47 Å². The zero-order valence-electron chi connectivity index (χ0n) is 33.6. The molecule has 6 atom stereocenters. The van der Waals surface area contributed by atoms with Crippen LogP contribution >= 0.6 is 0 Å². The standard InChI is InChI=1S/C22H22F6O3.C18H28F6O4/c1-13(2)18(3)11-19(31-17(18)29,12-20(30,21(23,24)25)22(26,27)28)16-9-8-14-6-4-5-7-15(14)10-16;1-6-14(2,3)13(25)28-12-8-10(15(4,26)17(19,20)21)7-11(9-12)16(5,27)18(22,23)24/h4-10,13,30H,11-12H2,1-3H3;10-12,26-27H,6-9H2,1-5H3. The van der Waals surface area contributed by atoms with Crippen LogP contribution in [0.5, 0.6) is 0 Å². The second kappa shape index (κ2) is 16.2. The Labute approximate surface area is 333 Å². The lowest BCUT2D eigenvalue weighted by atomic mass is 9.67. The zero-order chi connectivity index (χ0) is 45.8. The highest BCUT2D eigenvalue weighted by atomic mass is 19.4. The van der Waals surface area contributed by atoms with Crippen LogP contribution in [0.3, 0.4) is 0 Å². The number of cyclic esters (lactones) is 1. The summed E-state index contributed by atoms with van der Waals surface area (Å²) in [6.45, 7) is 10.5. The van der Waals surface area contributed by atoms with E-state index in [9.17, 15) is 77.6 Å². The Morgan fingerprint density at radius 3 is 1.61 bits per heavy atom. The Morgan fingerprint density at radius 2 is 1.22 bits per heavy atom. The van der Waals surface area contributed by atoms with Gasteiger partial charge >= 0.3 is 36.6 Å². The Kier molecular flexibility index (Phi) is 13.7. The van der Waals surface area contributed by atoms with Crippen molar-refractivity contribution in [3.63, 3.8) is 0 Å². The molecule has 0 amide bonds. The maximum atomic E-state index is 13.5. The summed E-state index contributed by atoms with van der Waals surface area (Å²) in [6.07, 6.45) is -27.1. The Balaban J connectivity index is 0.000000317. The minimum absolute atomic E-state index is 0.0316. The Bertz CT molecular complexity index is 1770. The average Bonchev–Trinajstić information content (AvgIpc) is 3.36. The largest absolute Gasteiger partial charge is 0.462 e. The number of alkyl halides is 12. The number of carbonyl (C=O) groups is 2. The van der Waals surface area contributed by atoms with Gasteiger partial charge < -0.3 is 24.8 Å². The van der Waals surface area contributed by atoms with Gasteiger partial charge in [-0.15, -0.1) is 0 Å².